The minimum absolute atomic E-state index is 0.514. The van der Waals surface area contributed by atoms with Crippen molar-refractivity contribution in [3.63, 3.8) is 0 Å². The van der Waals surface area contributed by atoms with Crippen LogP contribution in [0.4, 0.5) is 5.82 Å². The molecule has 2 aromatic rings. The first-order valence-corrected chi connectivity index (χ1v) is 5.98. The fourth-order valence-corrected chi connectivity index (χ4v) is 1.94. The second-order valence-corrected chi connectivity index (χ2v) is 4.35. The van der Waals surface area contributed by atoms with Gasteiger partial charge in [-0.2, -0.15) is 0 Å². The molecule has 0 saturated carbocycles. The molecule has 0 fully saturated rings. The number of rotatable bonds is 4. The molecule has 90 valence electrons. The number of anilines is 1. The first-order valence-electron chi connectivity index (χ1n) is 5.60. The summed E-state index contributed by atoms with van der Waals surface area (Å²) in [4.78, 5) is 8.38. The number of aromatic nitrogens is 3. The molecule has 2 heterocycles. The topological polar surface area (TPSA) is 56.7 Å². The molecule has 0 saturated heterocycles. The highest BCUT2D eigenvalue weighted by molar-refractivity contribution is 6.30. The predicted molar refractivity (Wildman–Crippen MR) is 69.0 cm³/mol. The summed E-state index contributed by atoms with van der Waals surface area (Å²) in [5, 5.41) is 0.600. The summed E-state index contributed by atoms with van der Waals surface area (Å²) >= 11 is 5.91. The van der Waals surface area contributed by atoms with Crippen LogP contribution < -0.4 is 5.73 Å². The van der Waals surface area contributed by atoms with Crippen LogP contribution in [0.15, 0.2) is 24.7 Å². The van der Waals surface area contributed by atoms with Gasteiger partial charge in [0.2, 0.25) is 0 Å². The SMILES string of the molecule is CCCn1ccnc1Cc1cc(Cl)cnc1N. The number of pyridine rings is 1. The average Bonchev–Trinajstić information content (AvgIpc) is 2.72. The zero-order valence-electron chi connectivity index (χ0n) is 9.73. The van der Waals surface area contributed by atoms with E-state index >= 15 is 0 Å². The molecule has 0 spiro atoms. The van der Waals surface area contributed by atoms with Crippen LogP contribution in [-0.2, 0) is 13.0 Å². The number of nitrogens with two attached hydrogens (primary N) is 1. The zero-order chi connectivity index (χ0) is 12.3. The van der Waals surface area contributed by atoms with Crippen LogP contribution in [0.2, 0.25) is 5.02 Å². The fraction of sp³-hybridized carbons (Fsp3) is 0.333. The van der Waals surface area contributed by atoms with E-state index in [1.165, 1.54) is 0 Å². The molecule has 4 nitrogen and oxygen atoms in total. The second kappa shape index (κ2) is 5.19. The lowest BCUT2D eigenvalue weighted by atomic mass is 10.2. The summed E-state index contributed by atoms with van der Waals surface area (Å²) in [5.74, 6) is 1.50. The summed E-state index contributed by atoms with van der Waals surface area (Å²) in [5.41, 5.74) is 6.74. The lowest BCUT2D eigenvalue weighted by molar-refractivity contribution is 0.647. The van der Waals surface area contributed by atoms with Gasteiger partial charge in [-0.1, -0.05) is 18.5 Å². The molecule has 2 rings (SSSR count). The molecule has 0 aliphatic carbocycles. The van der Waals surface area contributed by atoms with Crippen LogP contribution in [0.3, 0.4) is 0 Å². The van der Waals surface area contributed by atoms with Crippen molar-refractivity contribution in [2.24, 2.45) is 0 Å². The molecule has 0 atom stereocenters. The number of hydrogen-bond acceptors (Lipinski definition) is 3. The van der Waals surface area contributed by atoms with Crippen molar-refractivity contribution in [2.75, 3.05) is 5.73 Å². The quantitative estimate of drug-likeness (QED) is 0.907. The van der Waals surface area contributed by atoms with Crippen LogP contribution in [0, 0.1) is 0 Å². The Hall–Kier alpha value is -1.55. The number of imidazole rings is 1. The van der Waals surface area contributed by atoms with Crippen molar-refractivity contribution < 1.29 is 0 Å². The predicted octanol–water partition coefficient (Wildman–Crippen LogP) is 2.51. The van der Waals surface area contributed by atoms with E-state index in [-0.39, 0.29) is 0 Å². The minimum atomic E-state index is 0.514. The third-order valence-corrected chi connectivity index (χ3v) is 2.79. The molecule has 0 radical (unpaired) electrons. The Morgan fingerprint density at radius 1 is 1.41 bits per heavy atom. The van der Waals surface area contributed by atoms with Gasteiger partial charge in [-0.25, -0.2) is 9.97 Å². The Labute approximate surface area is 105 Å². The smallest absolute Gasteiger partial charge is 0.127 e. The Morgan fingerprint density at radius 2 is 2.24 bits per heavy atom. The highest BCUT2D eigenvalue weighted by Crippen LogP contribution is 2.18. The Morgan fingerprint density at radius 3 is 3.00 bits per heavy atom. The second-order valence-electron chi connectivity index (χ2n) is 3.91. The van der Waals surface area contributed by atoms with Crippen LogP contribution in [-0.4, -0.2) is 14.5 Å². The van der Waals surface area contributed by atoms with E-state index in [0.29, 0.717) is 17.3 Å². The van der Waals surface area contributed by atoms with E-state index in [9.17, 15) is 0 Å². The van der Waals surface area contributed by atoms with Crippen LogP contribution >= 0.6 is 11.6 Å². The molecule has 0 bridgehead atoms. The third-order valence-electron chi connectivity index (χ3n) is 2.58. The highest BCUT2D eigenvalue weighted by atomic mass is 35.5. The van der Waals surface area contributed by atoms with E-state index in [1.54, 1.807) is 12.4 Å². The van der Waals surface area contributed by atoms with E-state index in [4.69, 9.17) is 17.3 Å². The van der Waals surface area contributed by atoms with E-state index in [2.05, 4.69) is 21.5 Å². The monoisotopic (exact) mass is 250 g/mol. The highest BCUT2D eigenvalue weighted by Gasteiger charge is 2.07. The fourth-order valence-electron chi connectivity index (χ4n) is 1.76. The van der Waals surface area contributed by atoms with Gasteiger partial charge < -0.3 is 10.3 Å². The summed E-state index contributed by atoms with van der Waals surface area (Å²) in [6.07, 6.45) is 7.07. The lowest BCUT2D eigenvalue weighted by Gasteiger charge is -2.08. The van der Waals surface area contributed by atoms with Gasteiger partial charge >= 0.3 is 0 Å². The largest absolute Gasteiger partial charge is 0.383 e. The van der Waals surface area contributed by atoms with Gasteiger partial charge in [0.25, 0.3) is 0 Å². The first kappa shape index (κ1) is 11.9. The number of aryl methyl sites for hydroxylation is 1. The van der Waals surface area contributed by atoms with Crippen LogP contribution in [0.25, 0.3) is 0 Å². The Kier molecular flexibility index (Phi) is 3.64. The molecule has 0 amide bonds. The Bertz CT molecular complexity index is 507. The minimum Gasteiger partial charge on any atom is -0.383 e. The third kappa shape index (κ3) is 2.77. The van der Waals surface area contributed by atoms with Crippen molar-refractivity contribution in [1.29, 1.82) is 0 Å². The van der Waals surface area contributed by atoms with E-state index in [1.807, 2.05) is 12.3 Å². The normalized spacial score (nSPS) is 10.7. The molecule has 5 heteroatoms. The van der Waals surface area contributed by atoms with Crippen LogP contribution in [0.1, 0.15) is 24.7 Å². The van der Waals surface area contributed by atoms with Gasteiger partial charge in [0.15, 0.2) is 0 Å². The molecule has 0 aliphatic heterocycles. The molecule has 0 unspecified atom stereocenters. The average molecular weight is 251 g/mol. The van der Waals surface area contributed by atoms with E-state index < -0.39 is 0 Å². The van der Waals surface area contributed by atoms with Gasteiger partial charge in [-0.3, -0.25) is 0 Å². The molecule has 0 aromatic carbocycles. The number of halogens is 1. The molecular formula is C12H15ClN4. The summed E-state index contributed by atoms with van der Waals surface area (Å²) in [6, 6.07) is 1.84. The first-order chi connectivity index (χ1) is 8.20. The van der Waals surface area contributed by atoms with Crippen molar-refractivity contribution in [3.05, 3.63) is 41.1 Å². The summed E-state index contributed by atoms with van der Waals surface area (Å²) in [7, 11) is 0. The summed E-state index contributed by atoms with van der Waals surface area (Å²) < 4.78 is 2.13. The standard InChI is InChI=1S/C12H15ClN4/c1-2-4-17-5-3-15-11(17)7-9-6-10(13)8-16-12(9)14/h3,5-6,8H,2,4,7H2,1H3,(H2,14,16). The maximum Gasteiger partial charge on any atom is 0.127 e. The molecule has 17 heavy (non-hydrogen) atoms. The lowest BCUT2D eigenvalue weighted by Crippen LogP contribution is -2.06. The molecular weight excluding hydrogens is 236 g/mol. The maximum absolute atomic E-state index is 5.91. The summed E-state index contributed by atoms with van der Waals surface area (Å²) in [6.45, 7) is 3.10. The molecule has 2 N–H and O–H groups in total. The zero-order valence-corrected chi connectivity index (χ0v) is 10.5. The van der Waals surface area contributed by atoms with Crippen LogP contribution in [0.5, 0.6) is 0 Å². The Balaban J connectivity index is 2.25. The maximum atomic E-state index is 5.91. The van der Waals surface area contributed by atoms with Crippen molar-refractivity contribution in [3.8, 4) is 0 Å². The molecule has 0 aliphatic rings. The van der Waals surface area contributed by atoms with Gasteiger partial charge in [-0.15, -0.1) is 0 Å². The number of nitrogens with zero attached hydrogens (tertiary/aromatic N) is 3. The van der Waals surface area contributed by atoms with Gasteiger partial charge in [0, 0.05) is 37.1 Å². The number of nitrogen functional groups attached to an aromatic ring is 1. The van der Waals surface area contributed by atoms with Crippen molar-refractivity contribution in [1.82, 2.24) is 14.5 Å². The van der Waals surface area contributed by atoms with E-state index in [0.717, 1.165) is 24.4 Å². The van der Waals surface area contributed by atoms with Gasteiger partial charge in [0.1, 0.15) is 11.6 Å². The van der Waals surface area contributed by atoms with Crippen molar-refractivity contribution in [2.45, 2.75) is 26.3 Å². The molecule has 2 aromatic heterocycles. The van der Waals surface area contributed by atoms with Crippen molar-refractivity contribution >= 4 is 17.4 Å². The van der Waals surface area contributed by atoms with Gasteiger partial charge in [0.05, 0.1) is 5.02 Å². The van der Waals surface area contributed by atoms with Gasteiger partial charge in [-0.05, 0) is 12.5 Å². The number of hydrogen-bond donors (Lipinski definition) is 1.